The van der Waals surface area contributed by atoms with Crippen LogP contribution in [0.4, 0.5) is 14.5 Å². The summed E-state index contributed by atoms with van der Waals surface area (Å²) in [5, 5.41) is 0. The lowest BCUT2D eigenvalue weighted by Crippen LogP contribution is -2.38. The molecule has 0 unspecified atom stereocenters. The summed E-state index contributed by atoms with van der Waals surface area (Å²) in [6.45, 7) is 0.288. The van der Waals surface area contributed by atoms with Gasteiger partial charge in [-0.25, -0.2) is 8.78 Å². The van der Waals surface area contributed by atoms with E-state index in [-0.39, 0.29) is 25.4 Å². The molecular weight excluding hydrogens is 228 g/mol. The van der Waals surface area contributed by atoms with Gasteiger partial charge in [0.05, 0.1) is 13.7 Å². The van der Waals surface area contributed by atoms with Gasteiger partial charge in [-0.05, 0) is 12.1 Å². The molecule has 1 aromatic rings. The highest BCUT2D eigenvalue weighted by Crippen LogP contribution is 2.42. The molecule has 0 aliphatic heterocycles. The zero-order valence-electron chi connectivity index (χ0n) is 9.58. The number of rotatable bonds is 4. The number of methoxy groups -OCH3 is 1. The molecule has 2 rings (SSSR count). The minimum atomic E-state index is -2.50. The summed E-state index contributed by atoms with van der Waals surface area (Å²) in [7, 11) is 1.51. The van der Waals surface area contributed by atoms with E-state index in [1.165, 1.54) is 7.11 Å². The SMILES string of the molecule is COc1cc(N)ccc1OCC1CC(F)(F)C1. The average molecular weight is 243 g/mol. The smallest absolute Gasteiger partial charge is 0.248 e. The van der Waals surface area contributed by atoms with Crippen molar-refractivity contribution < 1.29 is 18.3 Å². The Labute approximate surface area is 98.5 Å². The Kier molecular flexibility index (Phi) is 3.09. The van der Waals surface area contributed by atoms with Crippen LogP contribution in [0.2, 0.25) is 0 Å². The van der Waals surface area contributed by atoms with Gasteiger partial charge in [-0.15, -0.1) is 0 Å². The zero-order chi connectivity index (χ0) is 12.5. The van der Waals surface area contributed by atoms with Crippen molar-refractivity contribution in [2.75, 3.05) is 19.5 Å². The summed E-state index contributed by atoms with van der Waals surface area (Å²) in [6.07, 6.45) is -0.186. The van der Waals surface area contributed by atoms with Crippen LogP contribution in [0.5, 0.6) is 11.5 Å². The lowest BCUT2D eigenvalue weighted by atomic mass is 9.82. The van der Waals surface area contributed by atoms with Crippen molar-refractivity contribution >= 4 is 5.69 Å². The quantitative estimate of drug-likeness (QED) is 0.827. The summed E-state index contributed by atoms with van der Waals surface area (Å²) in [4.78, 5) is 0. The lowest BCUT2D eigenvalue weighted by Gasteiger charge is -2.34. The summed E-state index contributed by atoms with van der Waals surface area (Å²) in [5.41, 5.74) is 6.17. The van der Waals surface area contributed by atoms with Gasteiger partial charge in [-0.2, -0.15) is 0 Å². The number of benzene rings is 1. The highest BCUT2D eigenvalue weighted by molar-refractivity contribution is 5.51. The van der Waals surface area contributed by atoms with Crippen molar-refractivity contribution in [3.63, 3.8) is 0 Å². The average Bonchev–Trinajstić information content (AvgIpc) is 2.24. The highest BCUT2D eigenvalue weighted by atomic mass is 19.3. The molecule has 0 saturated heterocycles. The standard InChI is InChI=1S/C12H15F2NO2/c1-16-11-4-9(15)2-3-10(11)17-7-8-5-12(13,14)6-8/h2-4,8H,5-7,15H2,1H3. The largest absolute Gasteiger partial charge is 0.493 e. The molecule has 94 valence electrons. The number of halogens is 2. The molecule has 0 radical (unpaired) electrons. The number of anilines is 1. The molecule has 0 spiro atoms. The molecule has 0 amide bonds. The molecule has 1 aliphatic carbocycles. The van der Waals surface area contributed by atoms with Crippen LogP contribution in [-0.4, -0.2) is 19.6 Å². The number of hydrogen-bond acceptors (Lipinski definition) is 3. The van der Waals surface area contributed by atoms with E-state index < -0.39 is 5.92 Å². The summed E-state index contributed by atoms with van der Waals surface area (Å²) in [5.74, 6) is -1.51. The maximum atomic E-state index is 12.6. The number of nitrogens with two attached hydrogens (primary N) is 1. The molecule has 1 aromatic carbocycles. The molecule has 1 aliphatic rings. The van der Waals surface area contributed by atoms with Gasteiger partial charge in [0.2, 0.25) is 5.92 Å². The van der Waals surface area contributed by atoms with E-state index in [1.807, 2.05) is 0 Å². The second-order valence-corrected chi connectivity index (χ2v) is 4.35. The summed E-state index contributed by atoms with van der Waals surface area (Å²) in [6, 6.07) is 5.02. The van der Waals surface area contributed by atoms with E-state index in [0.29, 0.717) is 17.2 Å². The van der Waals surface area contributed by atoms with E-state index in [9.17, 15) is 8.78 Å². The first-order valence-electron chi connectivity index (χ1n) is 5.44. The van der Waals surface area contributed by atoms with Crippen molar-refractivity contribution in [3.8, 4) is 11.5 Å². The van der Waals surface area contributed by atoms with Crippen molar-refractivity contribution in [3.05, 3.63) is 18.2 Å². The molecule has 5 heteroatoms. The molecular formula is C12H15F2NO2. The van der Waals surface area contributed by atoms with Gasteiger partial charge in [-0.1, -0.05) is 0 Å². The Morgan fingerprint density at radius 1 is 1.35 bits per heavy atom. The minimum absolute atomic E-state index is 0.0766. The van der Waals surface area contributed by atoms with E-state index in [4.69, 9.17) is 15.2 Å². The van der Waals surface area contributed by atoms with Crippen molar-refractivity contribution in [1.29, 1.82) is 0 Å². The van der Waals surface area contributed by atoms with Gasteiger partial charge in [0, 0.05) is 30.5 Å². The first-order valence-corrected chi connectivity index (χ1v) is 5.44. The molecule has 0 atom stereocenters. The normalized spacial score (nSPS) is 18.5. The van der Waals surface area contributed by atoms with E-state index in [1.54, 1.807) is 18.2 Å². The van der Waals surface area contributed by atoms with Crippen LogP contribution in [0.25, 0.3) is 0 Å². The second kappa shape index (κ2) is 4.39. The third kappa shape index (κ3) is 2.78. The van der Waals surface area contributed by atoms with Gasteiger partial charge >= 0.3 is 0 Å². The first-order chi connectivity index (χ1) is 8.00. The topological polar surface area (TPSA) is 44.5 Å². The van der Waals surface area contributed by atoms with Crippen LogP contribution in [0.3, 0.4) is 0 Å². The van der Waals surface area contributed by atoms with Crippen LogP contribution >= 0.6 is 0 Å². The fourth-order valence-electron chi connectivity index (χ4n) is 1.91. The molecule has 17 heavy (non-hydrogen) atoms. The predicted octanol–water partition coefficient (Wildman–Crippen LogP) is 2.70. The Hall–Kier alpha value is -1.52. The third-order valence-corrected chi connectivity index (χ3v) is 2.84. The number of alkyl halides is 2. The van der Waals surface area contributed by atoms with Gasteiger partial charge in [-0.3, -0.25) is 0 Å². The van der Waals surface area contributed by atoms with Gasteiger partial charge in [0.25, 0.3) is 0 Å². The van der Waals surface area contributed by atoms with Crippen LogP contribution in [0, 0.1) is 5.92 Å². The predicted molar refractivity (Wildman–Crippen MR) is 60.6 cm³/mol. The van der Waals surface area contributed by atoms with Crippen LogP contribution in [-0.2, 0) is 0 Å². The zero-order valence-corrected chi connectivity index (χ0v) is 9.58. The minimum Gasteiger partial charge on any atom is -0.493 e. The van der Waals surface area contributed by atoms with E-state index in [2.05, 4.69) is 0 Å². The van der Waals surface area contributed by atoms with Crippen molar-refractivity contribution in [2.45, 2.75) is 18.8 Å². The van der Waals surface area contributed by atoms with Crippen LogP contribution in [0.1, 0.15) is 12.8 Å². The molecule has 0 heterocycles. The molecule has 0 aromatic heterocycles. The monoisotopic (exact) mass is 243 g/mol. The van der Waals surface area contributed by atoms with E-state index in [0.717, 1.165) is 0 Å². The van der Waals surface area contributed by atoms with Gasteiger partial charge in [0.1, 0.15) is 0 Å². The van der Waals surface area contributed by atoms with Crippen molar-refractivity contribution in [1.82, 2.24) is 0 Å². The fourth-order valence-corrected chi connectivity index (χ4v) is 1.91. The van der Waals surface area contributed by atoms with Crippen molar-refractivity contribution in [2.24, 2.45) is 5.92 Å². The number of nitrogen functional groups attached to an aromatic ring is 1. The Morgan fingerprint density at radius 2 is 2.06 bits per heavy atom. The van der Waals surface area contributed by atoms with Gasteiger partial charge < -0.3 is 15.2 Å². The Balaban J connectivity index is 1.91. The Bertz CT molecular complexity index is 401. The molecule has 0 bridgehead atoms. The fraction of sp³-hybridized carbons (Fsp3) is 0.500. The maximum Gasteiger partial charge on any atom is 0.248 e. The highest BCUT2D eigenvalue weighted by Gasteiger charge is 2.45. The number of ether oxygens (including phenoxy) is 2. The Morgan fingerprint density at radius 3 is 2.65 bits per heavy atom. The summed E-state index contributed by atoms with van der Waals surface area (Å²) >= 11 is 0. The lowest BCUT2D eigenvalue weighted by molar-refractivity contribution is -0.119. The molecule has 2 N–H and O–H groups in total. The van der Waals surface area contributed by atoms with Crippen LogP contribution < -0.4 is 15.2 Å². The third-order valence-electron chi connectivity index (χ3n) is 2.84. The summed E-state index contributed by atoms with van der Waals surface area (Å²) < 4.78 is 35.8. The molecule has 3 nitrogen and oxygen atoms in total. The first kappa shape index (κ1) is 12.0. The maximum absolute atomic E-state index is 12.6. The number of hydrogen-bond donors (Lipinski definition) is 1. The molecule has 1 saturated carbocycles. The second-order valence-electron chi connectivity index (χ2n) is 4.35. The van der Waals surface area contributed by atoms with E-state index >= 15 is 0 Å². The van der Waals surface area contributed by atoms with Crippen LogP contribution in [0.15, 0.2) is 18.2 Å². The molecule has 1 fully saturated rings. The van der Waals surface area contributed by atoms with Gasteiger partial charge in [0.15, 0.2) is 11.5 Å².